The number of nitrogens with two attached hydrogens (primary N) is 1. The minimum atomic E-state index is 0.338. The quantitative estimate of drug-likeness (QED) is 0.130. The van der Waals surface area contributed by atoms with Crippen molar-refractivity contribution in [2.45, 2.75) is 71.3 Å². The Morgan fingerprint density at radius 2 is 1.90 bits per heavy atom. The Kier molecular flexibility index (Phi) is 11.1. The number of amidine groups is 1. The van der Waals surface area contributed by atoms with Gasteiger partial charge < -0.3 is 11.1 Å². The lowest BCUT2D eigenvalue weighted by molar-refractivity contribution is 0.206. The smallest absolute Gasteiger partial charge is 0.150 e. The molecule has 0 heterocycles. The van der Waals surface area contributed by atoms with Gasteiger partial charge in [0, 0.05) is 18.3 Å². The summed E-state index contributed by atoms with van der Waals surface area (Å²) in [5.74, 6) is 1.22. The number of hydrogen-bond donors (Lipinski definition) is 4. The first-order valence-electron chi connectivity index (χ1n) is 11.6. The van der Waals surface area contributed by atoms with Crippen LogP contribution in [0.25, 0.3) is 0 Å². The molecule has 5 N–H and O–H groups in total. The third kappa shape index (κ3) is 9.11. The number of rotatable bonds is 11. The molecule has 0 radical (unpaired) electrons. The lowest BCUT2D eigenvalue weighted by Gasteiger charge is -2.25. The number of unbranched alkanes of at least 4 members (excludes halogenated alkanes) is 1. The molecule has 0 atom stereocenters. The molecule has 0 spiro atoms. The number of hydroxylamine groups is 1. The molecule has 2 rings (SSSR count). The van der Waals surface area contributed by atoms with E-state index in [0.29, 0.717) is 23.5 Å². The Balaban J connectivity index is 1.94. The fraction of sp³-hybridized carbons (Fsp3) is 0.500. The highest BCUT2D eigenvalue weighted by Gasteiger charge is 2.18. The summed E-state index contributed by atoms with van der Waals surface area (Å²) < 4.78 is 0. The second-order valence-corrected chi connectivity index (χ2v) is 8.53. The average molecular weight is 425 g/mol. The maximum Gasteiger partial charge on any atom is 0.150 e. The molecule has 1 saturated carbocycles. The van der Waals surface area contributed by atoms with Gasteiger partial charge in [-0.1, -0.05) is 48.6 Å². The van der Waals surface area contributed by atoms with Crippen LogP contribution in [0.4, 0.5) is 0 Å². The third-order valence-electron chi connectivity index (χ3n) is 5.94. The Morgan fingerprint density at radius 1 is 1.19 bits per heavy atom. The Hall–Kier alpha value is -2.37. The Morgan fingerprint density at radius 3 is 2.52 bits per heavy atom. The molecule has 0 aliphatic heterocycles. The molecule has 31 heavy (non-hydrogen) atoms. The van der Waals surface area contributed by atoms with E-state index in [1.54, 1.807) is 6.08 Å². The van der Waals surface area contributed by atoms with Crippen molar-refractivity contribution in [2.75, 3.05) is 6.54 Å². The second kappa shape index (κ2) is 13.8. The summed E-state index contributed by atoms with van der Waals surface area (Å²) in [7, 11) is 0. The van der Waals surface area contributed by atoms with Gasteiger partial charge in [-0.3, -0.25) is 15.7 Å². The SMILES string of the molecule is C=C/C=C(\CCCCc1ccc(C)cc1)NC(=NCC1CCC(N)CC1)/C(=C\C)NO. The van der Waals surface area contributed by atoms with E-state index in [9.17, 15) is 5.21 Å². The molecule has 1 aliphatic carbocycles. The first-order valence-corrected chi connectivity index (χ1v) is 11.6. The van der Waals surface area contributed by atoms with Crippen LogP contribution in [0, 0.1) is 12.8 Å². The van der Waals surface area contributed by atoms with Gasteiger partial charge in [0.05, 0.1) is 5.70 Å². The van der Waals surface area contributed by atoms with Gasteiger partial charge in [0.1, 0.15) is 0 Å². The van der Waals surface area contributed by atoms with Crippen molar-refractivity contribution < 1.29 is 5.21 Å². The summed E-state index contributed by atoms with van der Waals surface area (Å²) in [5, 5.41) is 13.0. The van der Waals surface area contributed by atoms with Crippen LogP contribution in [-0.2, 0) is 6.42 Å². The van der Waals surface area contributed by atoms with Gasteiger partial charge in [0.15, 0.2) is 5.84 Å². The van der Waals surface area contributed by atoms with Gasteiger partial charge in [-0.2, -0.15) is 0 Å². The van der Waals surface area contributed by atoms with E-state index in [1.165, 1.54) is 11.1 Å². The van der Waals surface area contributed by atoms with Crippen LogP contribution in [0.5, 0.6) is 0 Å². The maximum absolute atomic E-state index is 9.58. The first kappa shape index (κ1) is 24.9. The maximum atomic E-state index is 9.58. The summed E-state index contributed by atoms with van der Waals surface area (Å²) >= 11 is 0. The fourth-order valence-electron chi connectivity index (χ4n) is 3.92. The third-order valence-corrected chi connectivity index (χ3v) is 5.94. The highest BCUT2D eigenvalue weighted by Crippen LogP contribution is 2.23. The van der Waals surface area contributed by atoms with Crippen LogP contribution in [0.3, 0.4) is 0 Å². The molecule has 0 aromatic heterocycles. The molecule has 0 bridgehead atoms. The number of nitrogens with zero attached hydrogens (tertiary/aromatic N) is 1. The van der Waals surface area contributed by atoms with E-state index in [2.05, 4.69) is 48.6 Å². The van der Waals surface area contributed by atoms with E-state index in [0.717, 1.165) is 63.6 Å². The fourth-order valence-corrected chi connectivity index (χ4v) is 3.92. The van der Waals surface area contributed by atoms with Crippen molar-refractivity contribution in [1.29, 1.82) is 0 Å². The van der Waals surface area contributed by atoms with Gasteiger partial charge >= 0.3 is 0 Å². The summed E-state index contributed by atoms with van der Waals surface area (Å²) in [4.78, 5) is 4.82. The van der Waals surface area contributed by atoms with Crippen molar-refractivity contribution in [3.05, 3.63) is 71.6 Å². The number of hydrogen-bond acceptors (Lipinski definition) is 4. The molecule has 1 aromatic carbocycles. The van der Waals surface area contributed by atoms with Gasteiger partial charge in [0.25, 0.3) is 0 Å². The lowest BCUT2D eigenvalue weighted by Crippen LogP contribution is -2.32. The van der Waals surface area contributed by atoms with Crippen LogP contribution < -0.4 is 16.5 Å². The summed E-state index contributed by atoms with van der Waals surface area (Å²) in [6, 6.07) is 9.10. The Labute approximate surface area is 188 Å². The van der Waals surface area contributed by atoms with Crippen LogP contribution in [0.1, 0.15) is 63.0 Å². The first-order chi connectivity index (χ1) is 15.0. The summed E-state index contributed by atoms with van der Waals surface area (Å²) in [6.45, 7) is 8.59. The standard InChI is InChI=1S/C26H40N4O/c1-4-8-24(10-7-6-9-21-13-11-20(3)12-14-21)29-26(25(5-2)30-31)28-19-22-15-17-23(27)18-16-22/h4-5,8,11-14,22-23,30-31H,1,6-7,9-10,15-19,27H2,2-3H3,(H,28,29)/b24-8+,25-5+. The molecular weight excluding hydrogens is 384 g/mol. The number of benzene rings is 1. The molecule has 0 unspecified atom stereocenters. The molecule has 1 aliphatic rings. The van der Waals surface area contributed by atoms with Crippen molar-refractivity contribution in [3.8, 4) is 0 Å². The second-order valence-electron chi connectivity index (χ2n) is 8.53. The molecule has 5 heteroatoms. The number of allylic oxidation sites excluding steroid dienone is 4. The summed E-state index contributed by atoms with van der Waals surface area (Å²) in [6.07, 6.45) is 14.1. The Bertz CT molecular complexity index is 756. The highest BCUT2D eigenvalue weighted by atomic mass is 16.5. The van der Waals surface area contributed by atoms with Crippen LogP contribution in [0.2, 0.25) is 0 Å². The molecule has 0 amide bonds. The predicted molar refractivity (Wildman–Crippen MR) is 131 cm³/mol. The predicted octanol–water partition coefficient (Wildman–Crippen LogP) is 5.17. The van der Waals surface area contributed by atoms with Gasteiger partial charge in [-0.15, -0.1) is 0 Å². The highest BCUT2D eigenvalue weighted by molar-refractivity contribution is 5.98. The van der Waals surface area contributed by atoms with Crippen molar-refractivity contribution in [2.24, 2.45) is 16.6 Å². The number of aryl methyl sites for hydroxylation is 2. The lowest BCUT2D eigenvalue weighted by atomic mass is 9.86. The minimum Gasteiger partial charge on any atom is -0.342 e. The largest absolute Gasteiger partial charge is 0.342 e. The zero-order valence-corrected chi connectivity index (χ0v) is 19.2. The van der Waals surface area contributed by atoms with Gasteiger partial charge in [-0.05, 0) is 82.8 Å². The molecule has 0 saturated heterocycles. The van der Waals surface area contributed by atoms with Crippen LogP contribution in [-0.4, -0.2) is 23.6 Å². The van der Waals surface area contributed by atoms with Crippen molar-refractivity contribution in [1.82, 2.24) is 10.8 Å². The van der Waals surface area contributed by atoms with Crippen LogP contribution >= 0.6 is 0 Å². The molecule has 1 fully saturated rings. The molecule has 1 aromatic rings. The van der Waals surface area contributed by atoms with E-state index in [4.69, 9.17) is 10.7 Å². The molecule has 5 nitrogen and oxygen atoms in total. The van der Waals surface area contributed by atoms with E-state index in [-0.39, 0.29) is 0 Å². The monoisotopic (exact) mass is 424 g/mol. The zero-order valence-electron chi connectivity index (χ0n) is 19.2. The summed E-state index contributed by atoms with van der Waals surface area (Å²) in [5.41, 5.74) is 12.6. The van der Waals surface area contributed by atoms with Crippen molar-refractivity contribution in [3.63, 3.8) is 0 Å². The topological polar surface area (TPSA) is 82.7 Å². The zero-order chi connectivity index (χ0) is 22.5. The van der Waals surface area contributed by atoms with Crippen molar-refractivity contribution >= 4 is 5.84 Å². The van der Waals surface area contributed by atoms with E-state index >= 15 is 0 Å². The van der Waals surface area contributed by atoms with Gasteiger partial charge in [-0.25, -0.2) is 0 Å². The molecule has 170 valence electrons. The van der Waals surface area contributed by atoms with Gasteiger partial charge in [0.2, 0.25) is 0 Å². The minimum absolute atomic E-state index is 0.338. The van der Waals surface area contributed by atoms with Crippen LogP contribution in [0.15, 0.2) is 65.5 Å². The van der Waals surface area contributed by atoms with E-state index in [1.807, 2.05) is 19.1 Å². The molecular formula is C26H40N4O. The number of nitrogens with one attached hydrogen (secondary N) is 2. The average Bonchev–Trinajstić information content (AvgIpc) is 2.78. The normalized spacial score (nSPS) is 20.5. The number of aliphatic imine (C=N–C) groups is 1. The van der Waals surface area contributed by atoms with E-state index < -0.39 is 0 Å².